The summed E-state index contributed by atoms with van der Waals surface area (Å²) in [6, 6.07) is 4.17. The van der Waals surface area contributed by atoms with E-state index in [2.05, 4.69) is 22.0 Å². The molecule has 1 aliphatic heterocycles. The maximum absolute atomic E-state index is 10.6. The molecule has 3 N–H and O–H groups in total. The van der Waals surface area contributed by atoms with E-state index in [1.807, 2.05) is 12.4 Å². The molecule has 5 nitrogen and oxygen atoms in total. The number of nitrogens with zero attached hydrogens (tertiary/aromatic N) is 2. The molecule has 0 atom stereocenters. The van der Waals surface area contributed by atoms with Crippen LogP contribution in [0.2, 0.25) is 0 Å². The highest BCUT2D eigenvalue weighted by Gasteiger charge is 2.38. The van der Waals surface area contributed by atoms with Gasteiger partial charge in [-0.15, -0.1) is 0 Å². The fourth-order valence-electron chi connectivity index (χ4n) is 2.27. The molecule has 0 aliphatic carbocycles. The minimum atomic E-state index is -5.08. The average molecular weight is 319 g/mol. The smallest absolute Gasteiger partial charge is 0.475 e. The van der Waals surface area contributed by atoms with Crippen molar-refractivity contribution in [2.75, 3.05) is 24.5 Å². The lowest BCUT2D eigenvalue weighted by atomic mass is 9.93. The maximum atomic E-state index is 10.6. The zero-order valence-electron chi connectivity index (χ0n) is 12.1. The van der Waals surface area contributed by atoms with Gasteiger partial charge in [0.1, 0.15) is 0 Å². The Morgan fingerprint density at radius 1 is 1.32 bits per heavy atom. The molecule has 0 unspecified atom stereocenters. The first-order valence-electron chi connectivity index (χ1n) is 6.99. The third-order valence-corrected chi connectivity index (χ3v) is 3.46. The van der Waals surface area contributed by atoms with Crippen LogP contribution in [0.3, 0.4) is 0 Å². The van der Waals surface area contributed by atoms with Crippen molar-refractivity contribution >= 4 is 11.7 Å². The molecule has 22 heavy (non-hydrogen) atoms. The Kier molecular flexibility index (Phi) is 7.10. The highest BCUT2D eigenvalue weighted by molar-refractivity contribution is 5.73. The van der Waals surface area contributed by atoms with Crippen LogP contribution in [-0.4, -0.2) is 41.9 Å². The summed E-state index contributed by atoms with van der Waals surface area (Å²) in [6.07, 6.45) is 2.38. The summed E-state index contributed by atoms with van der Waals surface area (Å²) < 4.78 is 31.7. The number of carbonyl (C=O) groups is 1. The van der Waals surface area contributed by atoms with Gasteiger partial charge in [-0.2, -0.15) is 13.2 Å². The second kappa shape index (κ2) is 8.57. The topological polar surface area (TPSA) is 79.5 Å². The molecule has 124 valence electrons. The van der Waals surface area contributed by atoms with E-state index < -0.39 is 12.1 Å². The standard InChI is InChI=1S/C12H19N3.C2HF3O2/c13-6-1-11-4-9-15(10-5-11)12-2-7-14-8-3-12;3-2(4,5)1(6)7/h2-3,7-8,11H,1,4-6,9-10,13H2;(H,6,7). The van der Waals surface area contributed by atoms with Crippen molar-refractivity contribution in [3.63, 3.8) is 0 Å². The second-order valence-corrected chi connectivity index (χ2v) is 5.02. The van der Waals surface area contributed by atoms with Crippen LogP contribution < -0.4 is 10.6 Å². The van der Waals surface area contributed by atoms with Gasteiger partial charge in [-0.3, -0.25) is 4.98 Å². The first-order chi connectivity index (χ1) is 10.3. The highest BCUT2D eigenvalue weighted by atomic mass is 19.4. The molecule has 1 aromatic heterocycles. The zero-order chi connectivity index (χ0) is 16.6. The van der Waals surface area contributed by atoms with Crippen molar-refractivity contribution in [1.82, 2.24) is 4.98 Å². The van der Waals surface area contributed by atoms with Gasteiger partial charge in [-0.25, -0.2) is 4.79 Å². The molecule has 1 fully saturated rings. The van der Waals surface area contributed by atoms with Crippen LogP contribution in [0.4, 0.5) is 18.9 Å². The van der Waals surface area contributed by atoms with Gasteiger partial charge in [-0.1, -0.05) is 0 Å². The van der Waals surface area contributed by atoms with Crippen LogP contribution in [0.5, 0.6) is 0 Å². The summed E-state index contributed by atoms with van der Waals surface area (Å²) in [7, 11) is 0. The van der Waals surface area contributed by atoms with Crippen LogP contribution in [0, 0.1) is 5.92 Å². The monoisotopic (exact) mass is 319 g/mol. The van der Waals surface area contributed by atoms with E-state index in [0.29, 0.717) is 0 Å². The number of hydrogen-bond donors (Lipinski definition) is 2. The number of aliphatic carboxylic acids is 1. The summed E-state index contributed by atoms with van der Waals surface area (Å²) in [6.45, 7) is 3.16. The van der Waals surface area contributed by atoms with Gasteiger partial charge in [0.2, 0.25) is 0 Å². The number of aromatic nitrogens is 1. The lowest BCUT2D eigenvalue weighted by Crippen LogP contribution is -2.34. The molecule has 1 saturated heterocycles. The number of pyridine rings is 1. The summed E-state index contributed by atoms with van der Waals surface area (Å²) >= 11 is 0. The van der Waals surface area contributed by atoms with E-state index >= 15 is 0 Å². The van der Waals surface area contributed by atoms with E-state index in [1.165, 1.54) is 24.9 Å². The Labute approximate surface area is 126 Å². The van der Waals surface area contributed by atoms with Crippen LogP contribution in [-0.2, 0) is 4.79 Å². The number of halogens is 3. The van der Waals surface area contributed by atoms with E-state index in [-0.39, 0.29) is 0 Å². The number of hydrogen-bond acceptors (Lipinski definition) is 4. The van der Waals surface area contributed by atoms with Gasteiger partial charge >= 0.3 is 12.1 Å². The number of carboxylic acid groups (broad SMARTS) is 1. The summed E-state index contributed by atoms with van der Waals surface area (Å²) in [5.41, 5.74) is 6.89. The third-order valence-electron chi connectivity index (χ3n) is 3.46. The number of rotatable bonds is 3. The van der Waals surface area contributed by atoms with Crippen LogP contribution in [0.1, 0.15) is 19.3 Å². The van der Waals surface area contributed by atoms with Crippen molar-refractivity contribution in [2.24, 2.45) is 11.7 Å². The Balaban J connectivity index is 0.000000295. The van der Waals surface area contributed by atoms with Gasteiger partial charge in [0.05, 0.1) is 0 Å². The molecule has 0 spiro atoms. The summed E-state index contributed by atoms with van der Waals surface area (Å²) in [5.74, 6) is -1.92. The predicted molar refractivity (Wildman–Crippen MR) is 76.5 cm³/mol. The van der Waals surface area contributed by atoms with E-state index in [1.54, 1.807) is 0 Å². The lowest BCUT2D eigenvalue weighted by Gasteiger charge is -2.33. The Hall–Kier alpha value is -1.83. The number of alkyl halides is 3. The van der Waals surface area contributed by atoms with E-state index in [4.69, 9.17) is 15.6 Å². The Bertz CT molecular complexity index is 446. The van der Waals surface area contributed by atoms with Crippen LogP contribution >= 0.6 is 0 Å². The molecular weight excluding hydrogens is 299 g/mol. The molecular formula is C14H20F3N3O2. The van der Waals surface area contributed by atoms with Crippen molar-refractivity contribution < 1.29 is 23.1 Å². The molecule has 0 bridgehead atoms. The van der Waals surface area contributed by atoms with Crippen molar-refractivity contribution in [1.29, 1.82) is 0 Å². The fourth-order valence-corrected chi connectivity index (χ4v) is 2.27. The highest BCUT2D eigenvalue weighted by Crippen LogP contribution is 2.24. The van der Waals surface area contributed by atoms with Gasteiger partial charge in [0.15, 0.2) is 0 Å². The minimum absolute atomic E-state index is 0.833. The lowest BCUT2D eigenvalue weighted by molar-refractivity contribution is -0.192. The van der Waals surface area contributed by atoms with Gasteiger partial charge < -0.3 is 15.7 Å². The van der Waals surface area contributed by atoms with Crippen molar-refractivity contribution in [3.8, 4) is 0 Å². The molecule has 0 aromatic carbocycles. The molecule has 8 heteroatoms. The Morgan fingerprint density at radius 3 is 2.23 bits per heavy atom. The molecule has 0 radical (unpaired) electrons. The molecule has 0 amide bonds. The fraction of sp³-hybridized carbons (Fsp3) is 0.571. The molecule has 1 aliphatic rings. The first kappa shape index (κ1) is 18.2. The normalized spacial score (nSPS) is 15.9. The SMILES string of the molecule is NCCC1CCN(c2ccncc2)CC1.O=C(O)C(F)(F)F. The van der Waals surface area contributed by atoms with Crippen molar-refractivity contribution in [3.05, 3.63) is 24.5 Å². The number of carboxylic acids is 1. The largest absolute Gasteiger partial charge is 0.490 e. The van der Waals surface area contributed by atoms with Gasteiger partial charge in [-0.05, 0) is 43.9 Å². The number of anilines is 1. The third kappa shape index (κ3) is 6.30. The predicted octanol–water partition coefficient (Wildman–Crippen LogP) is 2.28. The van der Waals surface area contributed by atoms with Crippen LogP contribution in [0.25, 0.3) is 0 Å². The zero-order valence-corrected chi connectivity index (χ0v) is 12.1. The Morgan fingerprint density at radius 2 is 1.82 bits per heavy atom. The maximum Gasteiger partial charge on any atom is 0.490 e. The van der Waals surface area contributed by atoms with Gasteiger partial charge in [0.25, 0.3) is 0 Å². The van der Waals surface area contributed by atoms with Gasteiger partial charge in [0, 0.05) is 31.2 Å². The van der Waals surface area contributed by atoms with E-state index in [0.717, 1.165) is 25.6 Å². The molecule has 1 aromatic rings. The molecule has 2 rings (SSSR count). The van der Waals surface area contributed by atoms with E-state index in [9.17, 15) is 13.2 Å². The first-order valence-corrected chi connectivity index (χ1v) is 6.99. The quantitative estimate of drug-likeness (QED) is 0.893. The van der Waals surface area contributed by atoms with Crippen LogP contribution in [0.15, 0.2) is 24.5 Å². The number of piperidine rings is 1. The number of nitrogens with two attached hydrogens (primary N) is 1. The minimum Gasteiger partial charge on any atom is -0.475 e. The second-order valence-electron chi connectivity index (χ2n) is 5.02. The molecule has 2 heterocycles. The molecule has 0 saturated carbocycles. The summed E-state index contributed by atoms with van der Waals surface area (Å²) in [5, 5.41) is 7.12. The average Bonchev–Trinajstić information content (AvgIpc) is 2.49. The summed E-state index contributed by atoms with van der Waals surface area (Å²) in [4.78, 5) is 15.4. The van der Waals surface area contributed by atoms with Crippen molar-refractivity contribution in [2.45, 2.75) is 25.4 Å².